The Balaban J connectivity index is 1.80. The van der Waals surface area contributed by atoms with E-state index in [1.165, 1.54) is 6.33 Å². The van der Waals surface area contributed by atoms with Crippen molar-refractivity contribution in [2.45, 2.75) is 32.3 Å². The number of carbonyl (C=O) groups is 1. The van der Waals surface area contributed by atoms with Crippen LogP contribution in [-0.2, 0) is 4.79 Å². The van der Waals surface area contributed by atoms with E-state index in [1.807, 2.05) is 25.1 Å². The van der Waals surface area contributed by atoms with Crippen LogP contribution < -0.4 is 5.32 Å². The zero-order valence-electron chi connectivity index (χ0n) is 11.7. The van der Waals surface area contributed by atoms with Crippen molar-refractivity contribution in [1.29, 1.82) is 0 Å². The number of aryl methyl sites for hydroxylation is 1. The number of nitrogens with zero attached hydrogens (tertiary/aromatic N) is 4. The van der Waals surface area contributed by atoms with E-state index in [2.05, 4.69) is 20.8 Å². The quantitative estimate of drug-likeness (QED) is 0.881. The van der Waals surface area contributed by atoms with Gasteiger partial charge >= 0.3 is 0 Å². The Morgan fingerprint density at radius 3 is 2.95 bits per heavy atom. The summed E-state index contributed by atoms with van der Waals surface area (Å²) in [5.74, 6) is -0.450. The molecule has 7 heteroatoms. The molecule has 21 heavy (non-hydrogen) atoms. The lowest BCUT2D eigenvalue weighted by Gasteiger charge is -2.15. The Morgan fingerprint density at radius 2 is 2.29 bits per heavy atom. The summed E-state index contributed by atoms with van der Waals surface area (Å²) < 4.78 is 1.55. The minimum atomic E-state index is -0.533. The van der Waals surface area contributed by atoms with Crippen molar-refractivity contribution in [2.75, 3.05) is 5.32 Å². The summed E-state index contributed by atoms with van der Waals surface area (Å²) in [6.45, 7) is 1.95. The van der Waals surface area contributed by atoms with E-state index in [0.717, 1.165) is 24.1 Å². The SMILES string of the molecule is Cc1ccc(NC(=O)C2CCCC2O)cc1-n1cnnn1. The fraction of sp³-hybridized carbons (Fsp3) is 0.429. The number of benzene rings is 1. The van der Waals surface area contributed by atoms with E-state index in [9.17, 15) is 9.90 Å². The van der Waals surface area contributed by atoms with Gasteiger partial charge < -0.3 is 10.4 Å². The molecule has 2 unspecified atom stereocenters. The second-order valence-corrected chi connectivity index (χ2v) is 5.35. The third kappa shape index (κ3) is 2.78. The summed E-state index contributed by atoms with van der Waals surface area (Å²) in [5, 5.41) is 23.7. The van der Waals surface area contributed by atoms with Gasteiger partial charge in [-0.2, -0.15) is 0 Å². The first-order valence-electron chi connectivity index (χ1n) is 6.98. The van der Waals surface area contributed by atoms with Crippen LogP contribution in [-0.4, -0.2) is 37.3 Å². The molecule has 110 valence electrons. The average molecular weight is 287 g/mol. The second kappa shape index (κ2) is 5.61. The molecule has 1 aromatic carbocycles. The van der Waals surface area contributed by atoms with E-state index < -0.39 is 6.10 Å². The molecule has 1 aliphatic carbocycles. The van der Waals surface area contributed by atoms with Crippen molar-refractivity contribution in [3.8, 4) is 5.69 Å². The van der Waals surface area contributed by atoms with Gasteiger partial charge in [-0.25, -0.2) is 4.68 Å². The van der Waals surface area contributed by atoms with Crippen molar-refractivity contribution >= 4 is 11.6 Å². The van der Waals surface area contributed by atoms with E-state index >= 15 is 0 Å². The van der Waals surface area contributed by atoms with Crippen LogP contribution in [0.25, 0.3) is 5.69 Å². The maximum Gasteiger partial charge on any atom is 0.230 e. The van der Waals surface area contributed by atoms with Crippen molar-refractivity contribution in [3.05, 3.63) is 30.1 Å². The van der Waals surface area contributed by atoms with Gasteiger partial charge in [0.1, 0.15) is 6.33 Å². The number of aromatic nitrogens is 4. The average Bonchev–Trinajstić information content (AvgIpc) is 3.12. The number of tetrazole rings is 1. The molecule has 2 N–H and O–H groups in total. The van der Waals surface area contributed by atoms with Gasteiger partial charge in [0.25, 0.3) is 0 Å². The third-order valence-corrected chi connectivity index (χ3v) is 3.89. The standard InChI is InChI=1S/C14H17N5O2/c1-9-5-6-10(7-12(9)19-8-15-17-18-19)16-14(21)11-3-2-4-13(11)20/h5-8,11,13,20H,2-4H2,1H3,(H,16,21). The minimum absolute atomic E-state index is 0.133. The van der Waals surface area contributed by atoms with Crippen LogP contribution in [0.1, 0.15) is 24.8 Å². The van der Waals surface area contributed by atoms with Crippen LogP contribution >= 0.6 is 0 Å². The first-order valence-corrected chi connectivity index (χ1v) is 6.98. The number of amides is 1. The Hall–Kier alpha value is -2.28. The smallest absolute Gasteiger partial charge is 0.230 e. The normalized spacial score (nSPS) is 21.4. The lowest BCUT2D eigenvalue weighted by atomic mass is 10.0. The van der Waals surface area contributed by atoms with Gasteiger partial charge in [0.15, 0.2) is 0 Å². The molecular formula is C14H17N5O2. The maximum absolute atomic E-state index is 12.2. The van der Waals surface area contributed by atoms with Crippen LogP contribution in [0.4, 0.5) is 5.69 Å². The van der Waals surface area contributed by atoms with Crippen molar-refractivity contribution in [3.63, 3.8) is 0 Å². The molecule has 2 aromatic rings. The Labute approximate surface area is 122 Å². The Morgan fingerprint density at radius 1 is 1.43 bits per heavy atom. The van der Waals surface area contributed by atoms with Crippen LogP contribution in [0, 0.1) is 12.8 Å². The first kappa shape index (κ1) is 13.7. The molecule has 1 amide bonds. The fourth-order valence-corrected chi connectivity index (χ4v) is 2.69. The van der Waals surface area contributed by atoms with Gasteiger partial charge in [-0.1, -0.05) is 6.07 Å². The topological polar surface area (TPSA) is 92.9 Å². The molecule has 2 atom stereocenters. The Kier molecular flexibility index (Phi) is 3.66. The highest BCUT2D eigenvalue weighted by Gasteiger charge is 2.31. The van der Waals surface area contributed by atoms with E-state index in [1.54, 1.807) is 4.68 Å². The molecule has 1 saturated carbocycles. The molecule has 1 heterocycles. The molecule has 0 bridgehead atoms. The molecular weight excluding hydrogens is 270 g/mol. The summed E-state index contributed by atoms with van der Waals surface area (Å²) in [6.07, 6.45) is 3.30. The summed E-state index contributed by atoms with van der Waals surface area (Å²) in [7, 11) is 0. The fourth-order valence-electron chi connectivity index (χ4n) is 2.69. The number of nitrogens with one attached hydrogen (secondary N) is 1. The van der Waals surface area contributed by atoms with Crippen molar-refractivity contribution < 1.29 is 9.90 Å². The van der Waals surface area contributed by atoms with Gasteiger partial charge in [-0.3, -0.25) is 4.79 Å². The molecule has 0 saturated heterocycles. The first-order chi connectivity index (χ1) is 10.1. The summed E-state index contributed by atoms with van der Waals surface area (Å²) in [6, 6.07) is 5.56. The predicted octanol–water partition coefficient (Wildman–Crippen LogP) is 1.07. The van der Waals surface area contributed by atoms with E-state index in [4.69, 9.17) is 0 Å². The highest BCUT2D eigenvalue weighted by molar-refractivity contribution is 5.93. The third-order valence-electron chi connectivity index (χ3n) is 3.89. The van der Waals surface area contributed by atoms with Gasteiger partial charge in [0.2, 0.25) is 5.91 Å². The molecule has 0 radical (unpaired) electrons. The molecule has 3 rings (SSSR count). The zero-order chi connectivity index (χ0) is 14.8. The number of aliphatic hydroxyl groups excluding tert-OH is 1. The number of carbonyl (C=O) groups excluding carboxylic acids is 1. The highest BCUT2D eigenvalue weighted by atomic mass is 16.3. The van der Waals surface area contributed by atoms with Gasteiger partial charge in [-0.15, -0.1) is 5.10 Å². The highest BCUT2D eigenvalue weighted by Crippen LogP contribution is 2.27. The predicted molar refractivity (Wildman–Crippen MR) is 75.9 cm³/mol. The van der Waals surface area contributed by atoms with Gasteiger partial charge in [0, 0.05) is 5.69 Å². The maximum atomic E-state index is 12.2. The van der Waals surface area contributed by atoms with E-state index in [0.29, 0.717) is 12.1 Å². The summed E-state index contributed by atoms with van der Waals surface area (Å²) in [5.41, 5.74) is 2.49. The molecule has 1 aliphatic rings. The molecule has 0 spiro atoms. The Bertz CT molecular complexity index is 641. The minimum Gasteiger partial charge on any atom is -0.392 e. The molecule has 1 fully saturated rings. The molecule has 1 aromatic heterocycles. The van der Waals surface area contributed by atoms with Crippen molar-refractivity contribution in [1.82, 2.24) is 20.2 Å². The number of hydrogen-bond acceptors (Lipinski definition) is 5. The summed E-state index contributed by atoms with van der Waals surface area (Å²) in [4.78, 5) is 12.2. The van der Waals surface area contributed by atoms with Gasteiger partial charge in [-0.05, 0) is 54.3 Å². The second-order valence-electron chi connectivity index (χ2n) is 5.35. The number of rotatable bonds is 3. The van der Waals surface area contributed by atoms with Gasteiger partial charge in [0.05, 0.1) is 17.7 Å². The van der Waals surface area contributed by atoms with Crippen LogP contribution in [0.3, 0.4) is 0 Å². The summed E-state index contributed by atoms with van der Waals surface area (Å²) >= 11 is 0. The lowest BCUT2D eigenvalue weighted by Crippen LogP contribution is -2.28. The van der Waals surface area contributed by atoms with Crippen LogP contribution in [0.2, 0.25) is 0 Å². The number of hydrogen-bond donors (Lipinski definition) is 2. The number of anilines is 1. The molecule has 7 nitrogen and oxygen atoms in total. The van der Waals surface area contributed by atoms with Crippen LogP contribution in [0.15, 0.2) is 24.5 Å². The zero-order valence-corrected chi connectivity index (χ0v) is 11.7. The monoisotopic (exact) mass is 287 g/mol. The van der Waals surface area contributed by atoms with Crippen molar-refractivity contribution in [2.24, 2.45) is 5.92 Å². The largest absolute Gasteiger partial charge is 0.392 e. The van der Waals surface area contributed by atoms with Crippen LogP contribution in [0.5, 0.6) is 0 Å². The van der Waals surface area contributed by atoms with E-state index in [-0.39, 0.29) is 11.8 Å². The number of aliphatic hydroxyl groups is 1. The molecule has 0 aliphatic heterocycles. The lowest BCUT2D eigenvalue weighted by molar-refractivity contribution is -0.122.